The van der Waals surface area contributed by atoms with Crippen LogP contribution in [0.25, 0.3) is 0 Å². The van der Waals surface area contributed by atoms with Gasteiger partial charge in [0.05, 0.1) is 0 Å². The summed E-state index contributed by atoms with van der Waals surface area (Å²) in [5, 5.41) is 3.25. The second-order valence-electron chi connectivity index (χ2n) is 5.34. The molecular weight excluding hydrogens is 249 g/mol. The van der Waals surface area contributed by atoms with Crippen molar-refractivity contribution in [2.45, 2.75) is 32.7 Å². The fourth-order valence-electron chi connectivity index (χ4n) is 2.76. The molecule has 0 aromatic heterocycles. The summed E-state index contributed by atoms with van der Waals surface area (Å²) >= 11 is 0. The summed E-state index contributed by atoms with van der Waals surface area (Å²) in [6, 6.07) is 14.1. The molecule has 2 aromatic carbocycles. The SMILES string of the molecule is CNC(CCc1ccccc1)c1c(C)cc(C)cc1F. The van der Waals surface area contributed by atoms with Gasteiger partial charge in [-0.3, -0.25) is 0 Å². The first kappa shape index (κ1) is 14.7. The molecule has 20 heavy (non-hydrogen) atoms. The molecule has 0 fully saturated rings. The second-order valence-corrected chi connectivity index (χ2v) is 5.34. The maximum atomic E-state index is 14.2. The van der Waals surface area contributed by atoms with Crippen LogP contribution in [0.3, 0.4) is 0 Å². The molecule has 0 spiro atoms. The number of hydrogen-bond donors (Lipinski definition) is 1. The van der Waals surface area contributed by atoms with E-state index >= 15 is 0 Å². The molecule has 0 saturated carbocycles. The number of benzene rings is 2. The third-order valence-corrected chi connectivity index (χ3v) is 3.74. The van der Waals surface area contributed by atoms with Gasteiger partial charge in [0, 0.05) is 11.6 Å². The lowest BCUT2D eigenvalue weighted by atomic mass is 9.94. The quantitative estimate of drug-likeness (QED) is 0.853. The van der Waals surface area contributed by atoms with E-state index in [4.69, 9.17) is 0 Å². The van der Waals surface area contributed by atoms with E-state index in [1.54, 1.807) is 6.07 Å². The smallest absolute Gasteiger partial charge is 0.128 e. The normalized spacial score (nSPS) is 12.4. The van der Waals surface area contributed by atoms with Gasteiger partial charge in [-0.25, -0.2) is 4.39 Å². The molecule has 0 saturated heterocycles. The van der Waals surface area contributed by atoms with Gasteiger partial charge in [-0.05, 0) is 56.5 Å². The Kier molecular flexibility index (Phi) is 4.91. The maximum absolute atomic E-state index is 14.2. The minimum absolute atomic E-state index is 0.0517. The predicted molar refractivity (Wildman–Crippen MR) is 82.4 cm³/mol. The lowest BCUT2D eigenvalue weighted by Gasteiger charge is -2.20. The van der Waals surface area contributed by atoms with Crippen molar-refractivity contribution in [2.75, 3.05) is 7.05 Å². The Labute approximate surface area is 120 Å². The molecule has 0 aliphatic carbocycles. The molecule has 2 aromatic rings. The lowest BCUT2D eigenvalue weighted by molar-refractivity contribution is 0.505. The Bertz CT molecular complexity index is 540. The topological polar surface area (TPSA) is 12.0 Å². The Morgan fingerprint density at radius 3 is 2.40 bits per heavy atom. The number of nitrogens with one attached hydrogen (secondary N) is 1. The van der Waals surface area contributed by atoms with E-state index in [0.717, 1.165) is 29.5 Å². The molecule has 2 rings (SSSR count). The van der Waals surface area contributed by atoms with Crippen LogP contribution in [-0.2, 0) is 6.42 Å². The molecule has 1 unspecified atom stereocenters. The van der Waals surface area contributed by atoms with Crippen LogP contribution < -0.4 is 5.32 Å². The fourth-order valence-corrected chi connectivity index (χ4v) is 2.76. The van der Waals surface area contributed by atoms with Gasteiger partial charge in [0.1, 0.15) is 5.82 Å². The molecule has 0 amide bonds. The van der Waals surface area contributed by atoms with Crippen molar-refractivity contribution in [3.05, 3.63) is 70.5 Å². The van der Waals surface area contributed by atoms with Crippen LogP contribution in [0.5, 0.6) is 0 Å². The lowest BCUT2D eigenvalue weighted by Crippen LogP contribution is -2.19. The van der Waals surface area contributed by atoms with E-state index in [1.165, 1.54) is 5.56 Å². The Hall–Kier alpha value is -1.67. The standard InChI is InChI=1S/C18H22FN/c1-13-11-14(2)18(16(19)12-13)17(20-3)10-9-15-7-5-4-6-8-15/h4-8,11-12,17,20H,9-10H2,1-3H3. The predicted octanol–water partition coefficient (Wildman–Crippen LogP) is 4.34. The van der Waals surface area contributed by atoms with E-state index < -0.39 is 0 Å². The molecule has 0 aliphatic heterocycles. The van der Waals surface area contributed by atoms with Crippen molar-refractivity contribution in [1.82, 2.24) is 5.32 Å². The van der Waals surface area contributed by atoms with Crippen LogP contribution in [0, 0.1) is 19.7 Å². The number of aryl methyl sites for hydroxylation is 3. The van der Waals surface area contributed by atoms with Gasteiger partial charge in [0.25, 0.3) is 0 Å². The van der Waals surface area contributed by atoms with Crippen molar-refractivity contribution >= 4 is 0 Å². The minimum atomic E-state index is -0.102. The average molecular weight is 271 g/mol. The summed E-state index contributed by atoms with van der Waals surface area (Å²) in [5.41, 5.74) is 4.09. The Balaban J connectivity index is 2.17. The summed E-state index contributed by atoms with van der Waals surface area (Å²) < 4.78 is 14.2. The third-order valence-electron chi connectivity index (χ3n) is 3.74. The first-order valence-corrected chi connectivity index (χ1v) is 7.09. The summed E-state index contributed by atoms with van der Waals surface area (Å²) in [5.74, 6) is -0.102. The van der Waals surface area contributed by atoms with Gasteiger partial charge >= 0.3 is 0 Å². The maximum Gasteiger partial charge on any atom is 0.128 e. The van der Waals surface area contributed by atoms with Crippen LogP contribution in [-0.4, -0.2) is 7.05 Å². The molecule has 0 heterocycles. The van der Waals surface area contributed by atoms with Crippen LogP contribution >= 0.6 is 0 Å². The highest BCUT2D eigenvalue weighted by Crippen LogP contribution is 2.26. The van der Waals surface area contributed by atoms with Gasteiger partial charge in [-0.1, -0.05) is 36.4 Å². The molecule has 106 valence electrons. The van der Waals surface area contributed by atoms with Gasteiger partial charge in [0.2, 0.25) is 0 Å². The van der Waals surface area contributed by atoms with Gasteiger partial charge in [-0.2, -0.15) is 0 Å². The summed E-state index contributed by atoms with van der Waals surface area (Å²) in [6.45, 7) is 3.91. The van der Waals surface area contributed by atoms with Crippen LogP contribution in [0.2, 0.25) is 0 Å². The van der Waals surface area contributed by atoms with E-state index in [-0.39, 0.29) is 11.9 Å². The number of hydrogen-bond acceptors (Lipinski definition) is 1. The molecule has 2 heteroatoms. The Morgan fingerprint density at radius 1 is 1.10 bits per heavy atom. The molecule has 0 bridgehead atoms. The zero-order valence-corrected chi connectivity index (χ0v) is 12.4. The average Bonchev–Trinajstić information content (AvgIpc) is 2.42. The molecule has 1 N–H and O–H groups in total. The monoisotopic (exact) mass is 271 g/mol. The molecule has 1 atom stereocenters. The molecular formula is C18H22FN. The Morgan fingerprint density at radius 2 is 1.80 bits per heavy atom. The largest absolute Gasteiger partial charge is 0.313 e. The van der Waals surface area contributed by atoms with Crippen molar-refractivity contribution in [3.63, 3.8) is 0 Å². The van der Waals surface area contributed by atoms with E-state index in [0.29, 0.717) is 0 Å². The van der Waals surface area contributed by atoms with Crippen LogP contribution in [0.1, 0.15) is 34.7 Å². The van der Waals surface area contributed by atoms with Gasteiger partial charge < -0.3 is 5.32 Å². The van der Waals surface area contributed by atoms with Crippen molar-refractivity contribution in [2.24, 2.45) is 0 Å². The fraction of sp³-hybridized carbons (Fsp3) is 0.333. The first-order chi connectivity index (χ1) is 9.61. The highest BCUT2D eigenvalue weighted by atomic mass is 19.1. The summed E-state index contributed by atoms with van der Waals surface area (Å²) in [7, 11) is 1.90. The van der Waals surface area contributed by atoms with E-state index in [1.807, 2.05) is 45.2 Å². The van der Waals surface area contributed by atoms with Crippen molar-refractivity contribution < 1.29 is 4.39 Å². The summed E-state index contributed by atoms with van der Waals surface area (Å²) in [6.07, 6.45) is 1.83. The van der Waals surface area contributed by atoms with Crippen molar-refractivity contribution in [1.29, 1.82) is 0 Å². The molecule has 1 nitrogen and oxygen atoms in total. The highest BCUT2D eigenvalue weighted by Gasteiger charge is 2.17. The highest BCUT2D eigenvalue weighted by molar-refractivity contribution is 5.34. The van der Waals surface area contributed by atoms with E-state index in [9.17, 15) is 4.39 Å². The van der Waals surface area contributed by atoms with Crippen molar-refractivity contribution in [3.8, 4) is 0 Å². The van der Waals surface area contributed by atoms with Gasteiger partial charge in [-0.15, -0.1) is 0 Å². The summed E-state index contributed by atoms with van der Waals surface area (Å²) in [4.78, 5) is 0. The first-order valence-electron chi connectivity index (χ1n) is 7.09. The number of rotatable bonds is 5. The molecule has 0 radical (unpaired) electrons. The van der Waals surface area contributed by atoms with Crippen LogP contribution in [0.15, 0.2) is 42.5 Å². The van der Waals surface area contributed by atoms with Crippen LogP contribution in [0.4, 0.5) is 4.39 Å². The van der Waals surface area contributed by atoms with Gasteiger partial charge in [0.15, 0.2) is 0 Å². The second kappa shape index (κ2) is 6.67. The van der Waals surface area contributed by atoms with E-state index in [2.05, 4.69) is 17.4 Å². The number of halogens is 1. The minimum Gasteiger partial charge on any atom is -0.313 e. The zero-order chi connectivity index (χ0) is 14.5. The molecule has 0 aliphatic rings. The third kappa shape index (κ3) is 3.45. The zero-order valence-electron chi connectivity index (χ0n) is 12.4.